The number of ether oxygens (including phenoxy) is 1. The summed E-state index contributed by atoms with van der Waals surface area (Å²) in [6.45, 7) is 10.8. The molecule has 168 valence electrons. The molecule has 1 fully saturated rings. The number of carbonyl (C=O) groups is 1. The minimum Gasteiger partial charge on any atom is -0.493 e. The van der Waals surface area contributed by atoms with Crippen molar-refractivity contribution in [2.24, 2.45) is 0 Å². The van der Waals surface area contributed by atoms with Crippen LogP contribution in [0.5, 0.6) is 5.75 Å². The molecule has 0 unspecified atom stereocenters. The molecule has 1 aliphatic rings. The molecule has 1 aliphatic carbocycles. The van der Waals surface area contributed by atoms with Crippen LogP contribution in [-0.4, -0.2) is 18.6 Å². The number of hydrogen-bond donors (Lipinski definition) is 1. The highest BCUT2D eigenvalue weighted by atomic mass is 16.5. The molecule has 0 aliphatic heterocycles. The second kappa shape index (κ2) is 9.23. The van der Waals surface area contributed by atoms with Crippen molar-refractivity contribution in [3.05, 3.63) is 58.9 Å². The molecule has 32 heavy (non-hydrogen) atoms. The van der Waals surface area contributed by atoms with Gasteiger partial charge in [0, 0.05) is 34.2 Å². The number of furan rings is 1. The van der Waals surface area contributed by atoms with Crippen molar-refractivity contribution < 1.29 is 13.9 Å². The third-order valence-corrected chi connectivity index (χ3v) is 6.48. The maximum Gasteiger partial charge on any atom is 0.244 e. The van der Waals surface area contributed by atoms with E-state index < -0.39 is 0 Å². The predicted molar refractivity (Wildman–Crippen MR) is 131 cm³/mol. The van der Waals surface area contributed by atoms with Crippen molar-refractivity contribution in [2.75, 3.05) is 6.61 Å². The molecule has 4 heteroatoms. The van der Waals surface area contributed by atoms with Crippen LogP contribution < -0.4 is 10.1 Å². The molecular formula is C28H33NO3. The van der Waals surface area contributed by atoms with Gasteiger partial charge < -0.3 is 14.5 Å². The number of carbonyl (C=O) groups excluding carboxylic acids is 1. The highest BCUT2D eigenvalue weighted by Crippen LogP contribution is 2.41. The second-order valence-corrected chi connectivity index (χ2v) is 8.97. The minimum absolute atomic E-state index is 0.0311. The standard InChI is InChI=1S/C28H33NO3/c1-6-31-27-20(5)28-24(25(16-32-28)22-12-11-17(2)13-18(22)3)15-23(27)19(4)14-26(30)29-21-9-7-8-10-21/h11-16,21H,6-10H2,1-5H3,(H,29,30)/b19-14+. The lowest BCUT2D eigenvalue weighted by Crippen LogP contribution is -2.31. The summed E-state index contributed by atoms with van der Waals surface area (Å²) >= 11 is 0. The summed E-state index contributed by atoms with van der Waals surface area (Å²) in [5.41, 5.74) is 8.28. The highest BCUT2D eigenvalue weighted by Gasteiger charge is 2.21. The first kappa shape index (κ1) is 22.2. The van der Waals surface area contributed by atoms with Crippen LogP contribution in [0.2, 0.25) is 0 Å². The Balaban J connectivity index is 1.80. The molecule has 0 atom stereocenters. The van der Waals surface area contributed by atoms with Crippen LogP contribution in [0.1, 0.15) is 61.8 Å². The quantitative estimate of drug-likeness (QED) is 0.433. The lowest BCUT2D eigenvalue weighted by Gasteiger charge is -2.16. The van der Waals surface area contributed by atoms with Gasteiger partial charge >= 0.3 is 0 Å². The zero-order valence-electron chi connectivity index (χ0n) is 19.8. The van der Waals surface area contributed by atoms with E-state index in [1.54, 1.807) is 6.08 Å². The van der Waals surface area contributed by atoms with E-state index in [2.05, 4.69) is 43.4 Å². The van der Waals surface area contributed by atoms with Gasteiger partial charge in [-0.15, -0.1) is 0 Å². The summed E-state index contributed by atoms with van der Waals surface area (Å²) in [5, 5.41) is 4.19. The van der Waals surface area contributed by atoms with Gasteiger partial charge in [0.05, 0.1) is 12.9 Å². The Morgan fingerprint density at radius 3 is 2.59 bits per heavy atom. The van der Waals surface area contributed by atoms with Gasteiger partial charge in [0.2, 0.25) is 5.91 Å². The van der Waals surface area contributed by atoms with Gasteiger partial charge in [0.15, 0.2) is 0 Å². The number of benzene rings is 2. The Hall–Kier alpha value is -3.01. The van der Waals surface area contributed by atoms with Crippen LogP contribution >= 0.6 is 0 Å². The molecule has 1 aromatic heterocycles. The van der Waals surface area contributed by atoms with Crippen LogP contribution in [0.25, 0.3) is 27.7 Å². The van der Waals surface area contributed by atoms with Gasteiger partial charge in [0.1, 0.15) is 11.3 Å². The molecular weight excluding hydrogens is 398 g/mol. The lowest BCUT2D eigenvalue weighted by atomic mass is 9.94. The lowest BCUT2D eigenvalue weighted by molar-refractivity contribution is -0.117. The van der Waals surface area contributed by atoms with E-state index in [0.29, 0.717) is 12.6 Å². The van der Waals surface area contributed by atoms with Crippen LogP contribution in [0.4, 0.5) is 0 Å². The topological polar surface area (TPSA) is 51.5 Å². The first-order chi connectivity index (χ1) is 15.4. The molecule has 0 radical (unpaired) electrons. The summed E-state index contributed by atoms with van der Waals surface area (Å²) in [6, 6.07) is 8.88. The molecule has 1 N–H and O–H groups in total. The Morgan fingerprint density at radius 1 is 1.16 bits per heavy atom. The molecule has 4 nitrogen and oxygen atoms in total. The highest BCUT2D eigenvalue weighted by molar-refractivity contribution is 6.02. The SMILES string of the molecule is CCOc1c(/C(C)=C/C(=O)NC2CCCC2)cc2c(-c3ccc(C)cc3C)coc2c1C. The fourth-order valence-corrected chi connectivity index (χ4v) is 4.85. The minimum atomic E-state index is -0.0311. The van der Waals surface area contributed by atoms with E-state index in [0.717, 1.165) is 57.4 Å². The average Bonchev–Trinajstić information content (AvgIpc) is 3.40. The average molecular weight is 432 g/mol. The van der Waals surface area contributed by atoms with Crippen LogP contribution in [0.3, 0.4) is 0 Å². The summed E-state index contributed by atoms with van der Waals surface area (Å²) in [6.07, 6.45) is 8.07. The number of allylic oxidation sites excluding steroid dienone is 1. The largest absolute Gasteiger partial charge is 0.493 e. The van der Waals surface area contributed by atoms with E-state index in [1.807, 2.05) is 27.0 Å². The third kappa shape index (κ3) is 4.32. The fourth-order valence-electron chi connectivity index (χ4n) is 4.85. The van der Waals surface area contributed by atoms with E-state index >= 15 is 0 Å². The van der Waals surface area contributed by atoms with Gasteiger partial charge in [-0.1, -0.05) is 36.6 Å². The molecule has 0 bridgehead atoms. The maximum atomic E-state index is 12.7. The number of amides is 1. The van der Waals surface area contributed by atoms with Crippen molar-refractivity contribution in [3.63, 3.8) is 0 Å². The molecule has 1 heterocycles. The third-order valence-electron chi connectivity index (χ3n) is 6.48. The molecule has 4 rings (SSSR count). The second-order valence-electron chi connectivity index (χ2n) is 8.97. The van der Waals surface area contributed by atoms with Crippen molar-refractivity contribution in [1.82, 2.24) is 5.32 Å². The van der Waals surface area contributed by atoms with E-state index in [4.69, 9.17) is 9.15 Å². The van der Waals surface area contributed by atoms with Crippen molar-refractivity contribution >= 4 is 22.4 Å². The first-order valence-electron chi connectivity index (χ1n) is 11.6. The van der Waals surface area contributed by atoms with Gasteiger partial charge in [0.25, 0.3) is 0 Å². The Morgan fingerprint density at radius 2 is 1.91 bits per heavy atom. The first-order valence-corrected chi connectivity index (χ1v) is 11.6. The van der Waals surface area contributed by atoms with Crippen molar-refractivity contribution in [2.45, 2.75) is 66.3 Å². The Labute approximate surface area is 190 Å². The van der Waals surface area contributed by atoms with E-state index in [9.17, 15) is 4.79 Å². The van der Waals surface area contributed by atoms with Crippen LogP contribution in [0, 0.1) is 20.8 Å². The Bertz CT molecular complexity index is 1180. The van der Waals surface area contributed by atoms with Crippen molar-refractivity contribution in [1.29, 1.82) is 0 Å². The zero-order chi connectivity index (χ0) is 22.8. The molecule has 1 amide bonds. The smallest absolute Gasteiger partial charge is 0.244 e. The molecule has 0 saturated heterocycles. The summed E-state index contributed by atoms with van der Waals surface area (Å²) in [5.74, 6) is 0.750. The number of fused-ring (bicyclic) bond motifs is 1. The van der Waals surface area contributed by atoms with Crippen LogP contribution in [-0.2, 0) is 4.79 Å². The van der Waals surface area contributed by atoms with E-state index in [1.165, 1.54) is 24.0 Å². The summed E-state index contributed by atoms with van der Waals surface area (Å²) < 4.78 is 12.1. The van der Waals surface area contributed by atoms with Gasteiger partial charge in [-0.05, 0) is 70.2 Å². The number of rotatable bonds is 6. The number of hydrogen-bond acceptors (Lipinski definition) is 3. The maximum absolute atomic E-state index is 12.7. The Kier molecular flexibility index (Phi) is 6.40. The fraction of sp³-hybridized carbons (Fsp3) is 0.393. The van der Waals surface area contributed by atoms with E-state index in [-0.39, 0.29) is 5.91 Å². The molecule has 2 aromatic carbocycles. The predicted octanol–water partition coefficient (Wildman–Crippen LogP) is 6.89. The molecule has 0 spiro atoms. The number of aryl methyl sites for hydroxylation is 3. The van der Waals surface area contributed by atoms with Gasteiger partial charge in [-0.25, -0.2) is 0 Å². The van der Waals surface area contributed by atoms with Crippen LogP contribution in [0.15, 0.2) is 41.0 Å². The van der Waals surface area contributed by atoms with Gasteiger partial charge in [-0.3, -0.25) is 4.79 Å². The monoisotopic (exact) mass is 431 g/mol. The summed E-state index contributed by atoms with van der Waals surface area (Å²) in [7, 11) is 0. The zero-order valence-corrected chi connectivity index (χ0v) is 19.8. The van der Waals surface area contributed by atoms with Gasteiger partial charge in [-0.2, -0.15) is 0 Å². The summed E-state index contributed by atoms with van der Waals surface area (Å²) in [4.78, 5) is 12.7. The molecule has 1 saturated carbocycles. The normalized spacial score (nSPS) is 14.8. The number of nitrogens with one attached hydrogen (secondary N) is 1. The van der Waals surface area contributed by atoms with Crippen molar-refractivity contribution in [3.8, 4) is 16.9 Å². The molecule has 3 aromatic rings.